The van der Waals surface area contributed by atoms with Gasteiger partial charge in [-0.25, -0.2) is 9.18 Å². The zero-order valence-electron chi connectivity index (χ0n) is 25.0. The molecule has 2 aliphatic heterocycles. The Balaban J connectivity index is 1.59. The minimum absolute atomic E-state index is 0.0112. The molecule has 1 saturated heterocycles. The second-order valence-corrected chi connectivity index (χ2v) is 12.1. The molecule has 2 aliphatic rings. The molecule has 1 fully saturated rings. The number of carbonyl (C=O) groups excluding carboxylic acids is 4. The fourth-order valence-electron chi connectivity index (χ4n) is 5.25. The molecule has 4 bridgehead atoms. The van der Waals surface area contributed by atoms with Crippen molar-refractivity contribution in [1.29, 1.82) is 0 Å². The van der Waals surface area contributed by atoms with Crippen molar-refractivity contribution >= 4 is 23.8 Å². The van der Waals surface area contributed by atoms with E-state index in [9.17, 15) is 23.6 Å². The Morgan fingerprint density at radius 3 is 2.63 bits per heavy atom. The van der Waals surface area contributed by atoms with Crippen LogP contribution in [0, 0.1) is 11.7 Å². The number of halogens is 1. The molecule has 11 heteroatoms. The number of carbonyl (C=O) groups is 4. The number of hydrogen-bond donors (Lipinski definition) is 3. The molecule has 0 radical (unpaired) electrons. The van der Waals surface area contributed by atoms with Gasteiger partial charge in [0.2, 0.25) is 17.7 Å². The van der Waals surface area contributed by atoms with Gasteiger partial charge in [0.1, 0.15) is 23.2 Å². The lowest BCUT2D eigenvalue weighted by Gasteiger charge is -2.27. The number of alkyl carbamates (subject to hydrolysis) is 1. The van der Waals surface area contributed by atoms with Crippen molar-refractivity contribution in [3.8, 4) is 5.75 Å². The van der Waals surface area contributed by atoms with E-state index in [-0.39, 0.29) is 37.6 Å². The first-order valence-corrected chi connectivity index (χ1v) is 14.8. The number of amides is 4. The highest BCUT2D eigenvalue weighted by Gasteiger charge is 2.36. The SMILES string of the molecule is CC(C)(C)OC(=O)N[C@@H](C[C@@H]1Cc2cc(F)cc(c2)OCCCCN2CC(CC2=O)C(=O)N1)C(=O)NCc1ccccc1. The summed E-state index contributed by atoms with van der Waals surface area (Å²) in [7, 11) is 0. The standard InChI is InChI=1S/C32H41FN4O6/c1-32(2,3)43-31(41)36-27(30(40)34-19-21-9-5-4-6-10-21)18-25-14-22-13-24(33)17-26(15-22)42-12-8-7-11-37-20-23(16-28(37)38)29(39)35-25/h4-6,9-10,13,15,17,23,25,27H,7-8,11-12,14,16,18-20H2,1-3H3,(H,34,40)(H,35,39)(H,36,41)/t23?,25-,27-/m0/s1. The van der Waals surface area contributed by atoms with Crippen LogP contribution in [0.1, 0.15) is 57.6 Å². The summed E-state index contributed by atoms with van der Waals surface area (Å²) in [5.74, 6) is -1.56. The zero-order chi connectivity index (χ0) is 31.0. The van der Waals surface area contributed by atoms with Crippen LogP contribution in [0.2, 0.25) is 0 Å². The van der Waals surface area contributed by atoms with Gasteiger partial charge in [-0.15, -0.1) is 0 Å². The molecule has 2 aromatic rings. The topological polar surface area (TPSA) is 126 Å². The lowest BCUT2D eigenvalue weighted by Crippen LogP contribution is -2.52. The highest BCUT2D eigenvalue weighted by molar-refractivity contribution is 5.89. The average Bonchev–Trinajstić information content (AvgIpc) is 3.30. The first-order valence-electron chi connectivity index (χ1n) is 14.8. The maximum Gasteiger partial charge on any atom is 0.408 e. The summed E-state index contributed by atoms with van der Waals surface area (Å²) in [6.45, 7) is 6.55. The maximum absolute atomic E-state index is 14.6. The van der Waals surface area contributed by atoms with E-state index in [0.717, 1.165) is 5.56 Å². The predicted octanol–water partition coefficient (Wildman–Crippen LogP) is 3.47. The fourth-order valence-corrected chi connectivity index (χ4v) is 5.25. The van der Waals surface area contributed by atoms with E-state index in [1.165, 1.54) is 12.1 Å². The van der Waals surface area contributed by atoms with Gasteiger partial charge in [-0.1, -0.05) is 30.3 Å². The highest BCUT2D eigenvalue weighted by atomic mass is 19.1. The average molecular weight is 597 g/mol. The molecule has 232 valence electrons. The van der Waals surface area contributed by atoms with Crippen LogP contribution in [-0.2, 0) is 32.1 Å². The molecule has 0 spiro atoms. The van der Waals surface area contributed by atoms with E-state index >= 15 is 0 Å². The van der Waals surface area contributed by atoms with Crippen LogP contribution in [0.5, 0.6) is 5.75 Å². The van der Waals surface area contributed by atoms with E-state index in [1.54, 1.807) is 31.7 Å². The Hall–Kier alpha value is -4.15. The van der Waals surface area contributed by atoms with Gasteiger partial charge in [0, 0.05) is 38.2 Å². The van der Waals surface area contributed by atoms with E-state index in [1.807, 2.05) is 30.3 Å². The smallest absolute Gasteiger partial charge is 0.408 e. The number of fused-ring (bicyclic) bond motifs is 4. The predicted molar refractivity (Wildman–Crippen MR) is 158 cm³/mol. The van der Waals surface area contributed by atoms with Gasteiger partial charge in [0.25, 0.3) is 0 Å². The monoisotopic (exact) mass is 596 g/mol. The Morgan fingerprint density at radius 2 is 1.88 bits per heavy atom. The summed E-state index contributed by atoms with van der Waals surface area (Å²) >= 11 is 0. The largest absolute Gasteiger partial charge is 0.493 e. The molecule has 1 unspecified atom stereocenters. The molecule has 3 atom stereocenters. The summed E-state index contributed by atoms with van der Waals surface area (Å²) in [5.41, 5.74) is 0.627. The van der Waals surface area contributed by atoms with Crippen LogP contribution in [-0.4, -0.2) is 66.1 Å². The van der Waals surface area contributed by atoms with Gasteiger partial charge in [-0.3, -0.25) is 14.4 Å². The van der Waals surface area contributed by atoms with E-state index in [4.69, 9.17) is 9.47 Å². The minimum Gasteiger partial charge on any atom is -0.493 e. The molecule has 4 rings (SSSR count). The number of hydrogen-bond acceptors (Lipinski definition) is 6. The van der Waals surface area contributed by atoms with Crippen molar-refractivity contribution in [2.24, 2.45) is 5.92 Å². The molecular formula is C32H41FN4O6. The molecule has 2 heterocycles. The molecule has 3 N–H and O–H groups in total. The number of benzene rings is 2. The Kier molecular flexibility index (Phi) is 10.6. The highest BCUT2D eigenvalue weighted by Crippen LogP contribution is 2.23. The van der Waals surface area contributed by atoms with Crippen molar-refractivity contribution < 1.29 is 33.0 Å². The van der Waals surface area contributed by atoms with Crippen molar-refractivity contribution in [2.75, 3.05) is 19.7 Å². The van der Waals surface area contributed by atoms with Crippen LogP contribution in [0.25, 0.3) is 0 Å². The van der Waals surface area contributed by atoms with Crippen LogP contribution >= 0.6 is 0 Å². The quantitative estimate of drug-likeness (QED) is 0.469. The van der Waals surface area contributed by atoms with Gasteiger partial charge in [0.05, 0.1) is 12.5 Å². The van der Waals surface area contributed by atoms with E-state index in [0.29, 0.717) is 43.9 Å². The van der Waals surface area contributed by atoms with Crippen molar-refractivity contribution in [1.82, 2.24) is 20.9 Å². The fraction of sp³-hybridized carbons (Fsp3) is 0.500. The van der Waals surface area contributed by atoms with Crippen LogP contribution in [0.4, 0.5) is 9.18 Å². The molecule has 43 heavy (non-hydrogen) atoms. The third-order valence-corrected chi connectivity index (χ3v) is 7.27. The van der Waals surface area contributed by atoms with Crippen molar-refractivity contribution in [3.05, 3.63) is 65.5 Å². The Labute approximate surface area is 251 Å². The van der Waals surface area contributed by atoms with Gasteiger partial charge in [-0.05, 0) is 69.7 Å². The summed E-state index contributed by atoms with van der Waals surface area (Å²) in [5, 5.41) is 8.50. The molecule has 0 aromatic heterocycles. The van der Waals surface area contributed by atoms with Gasteiger partial charge in [-0.2, -0.15) is 0 Å². The second-order valence-electron chi connectivity index (χ2n) is 12.1. The molecule has 10 nitrogen and oxygen atoms in total. The summed E-state index contributed by atoms with van der Waals surface area (Å²) in [4.78, 5) is 53.9. The Morgan fingerprint density at radius 1 is 1.12 bits per heavy atom. The first kappa shape index (κ1) is 31.8. The maximum atomic E-state index is 14.6. The minimum atomic E-state index is -1.09. The van der Waals surface area contributed by atoms with Gasteiger partial charge < -0.3 is 30.3 Å². The number of nitrogens with one attached hydrogen (secondary N) is 3. The molecule has 0 saturated carbocycles. The number of rotatable bonds is 6. The van der Waals surface area contributed by atoms with Crippen molar-refractivity contribution in [2.45, 2.75) is 77.1 Å². The second kappa shape index (κ2) is 14.3. The lowest BCUT2D eigenvalue weighted by atomic mass is 9.97. The third kappa shape index (κ3) is 9.97. The normalized spacial score (nSPS) is 20.1. The number of nitrogens with zero attached hydrogens (tertiary/aromatic N) is 1. The molecule has 0 aliphatic carbocycles. The van der Waals surface area contributed by atoms with Gasteiger partial charge >= 0.3 is 6.09 Å². The first-order chi connectivity index (χ1) is 20.4. The summed E-state index contributed by atoms with van der Waals surface area (Å²) in [6.07, 6.45) is 0.822. The van der Waals surface area contributed by atoms with E-state index < -0.39 is 41.4 Å². The summed E-state index contributed by atoms with van der Waals surface area (Å²) < 4.78 is 25.8. The molecule has 2 aromatic carbocycles. The van der Waals surface area contributed by atoms with Crippen molar-refractivity contribution in [3.63, 3.8) is 0 Å². The summed E-state index contributed by atoms with van der Waals surface area (Å²) in [6, 6.07) is 11.9. The van der Waals surface area contributed by atoms with Gasteiger partial charge in [0.15, 0.2) is 0 Å². The van der Waals surface area contributed by atoms with E-state index in [2.05, 4.69) is 16.0 Å². The van der Waals surface area contributed by atoms with Crippen LogP contribution in [0.3, 0.4) is 0 Å². The van der Waals surface area contributed by atoms with Crippen LogP contribution in [0.15, 0.2) is 48.5 Å². The Bertz CT molecular complexity index is 1300. The van der Waals surface area contributed by atoms with Crippen LogP contribution < -0.4 is 20.7 Å². The lowest BCUT2D eigenvalue weighted by molar-refractivity contribution is -0.129. The number of ether oxygens (including phenoxy) is 2. The molecule has 4 amide bonds. The zero-order valence-corrected chi connectivity index (χ0v) is 25.0. The third-order valence-electron chi connectivity index (χ3n) is 7.27. The molecular weight excluding hydrogens is 555 g/mol.